The molecule has 0 saturated heterocycles. The van der Waals surface area contributed by atoms with Gasteiger partial charge in [0.1, 0.15) is 0 Å². The maximum absolute atomic E-state index is 12.6. The van der Waals surface area contributed by atoms with Gasteiger partial charge in [-0.1, -0.05) is 29.8 Å². The van der Waals surface area contributed by atoms with Crippen molar-refractivity contribution < 1.29 is 4.79 Å². The molecule has 0 bridgehead atoms. The lowest BCUT2D eigenvalue weighted by atomic mass is 9.96. The zero-order valence-corrected chi connectivity index (χ0v) is 12.3. The van der Waals surface area contributed by atoms with Crippen LogP contribution in [0.15, 0.2) is 40.9 Å². The molecular formula is C16H15BrO. The zero-order chi connectivity index (χ0) is 13.3. The molecule has 0 unspecified atom stereocenters. The number of benzene rings is 2. The number of halogens is 1. The Labute approximate surface area is 116 Å². The molecule has 0 aromatic heterocycles. The van der Waals surface area contributed by atoms with Crippen molar-refractivity contribution in [3.63, 3.8) is 0 Å². The lowest BCUT2D eigenvalue weighted by Crippen LogP contribution is -2.05. The van der Waals surface area contributed by atoms with E-state index in [2.05, 4.69) is 15.9 Å². The van der Waals surface area contributed by atoms with Crippen LogP contribution in [-0.2, 0) is 0 Å². The van der Waals surface area contributed by atoms with Gasteiger partial charge < -0.3 is 0 Å². The Kier molecular flexibility index (Phi) is 3.67. The molecule has 0 heterocycles. The third kappa shape index (κ3) is 2.39. The van der Waals surface area contributed by atoms with Gasteiger partial charge in [-0.15, -0.1) is 0 Å². The largest absolute Gasteiger partial charge is 0.289 e. The lowest BCUT2D eigenvalue weighted by molar-refractivity contribution is 0.103. The normalized spacial score (nSPS) is 10.4. The van der Waals surface area contributed by atoms with Crippen LogP contribution in [-0.4, -0.2) is 5.78 Å². The van der Waals surface area contributed by atoms with Crippen molar-refractivity contribution in [2.75, 3.05) is 0 Å². The number of hydrogen-bond acceptors (Lipinski definition) is 1. The van der Waals surface area contributed by atoms with Crippen molar-refractivity contribution in [2.45, 2.75) is 20.8 Å². The van der Waals surface area contributed by atoms with Gasteiger partial charge in [-0.25, -0.2) is 0 Å². The number of carbonyl (C=O) groups excluding carboxylic acids is 1. The van der Waals surface area contributed by atoms with Gasteiger partial charge in [0.2, 0.25) is 0 Å². The third-order valence-corrected chi connectivity index (χ3v) is 4.13. The van der Waals surface area contributed by atoms with E-state index in [0.717, 1.165) is 32.3 Å². The highest BCUT2D eigenvalue weighted by Gasteiger charge is 2.15. The summed E-state index contributed by atoms with van der Waals surface area (Å²) in [5.74, 6) is 0.0757. The molecule has 0 aliphatic rings. The molecule has 0 saturated carbocycles. The standard InChI is InChI=1S/C16H15BrO/c1-10-7-8-11(2)14(9-10)16(18)13-6-4-5-12(3)15(13)17/h4-9H,1-3H3. The highest BCUT2D eigenvalue weighted by molar-refractivity contribution is 9.10. The van der Waals surface area contributed by atoms with Crippen LogP contribution in [0.25, 0.3) is 0 Å². The van der Waals surface area contributed by atoms with Crippen LogP contribution in [0.1, 0.15) is 32.6 Å². The fourth-order valence-electron chi connectivity index (χ4n) is 1.95. The SMILES string of the molecule is Cc1ccc(C)c(C(=O)c2cccc(C)c2Br)c1. The minimum atomic E-state index is 0.0757. The minimum Gasteiger partial charge on any atom is -0.289 e. The molecule has 2 heteroatoms. The Morgan fingerprint density at radius 2 is 1.67 bits per heavy atom. The second kappa shape index (κ2) is 5.07. The van der Waals surface area contributed by atoms with Gasteiger partial charge in [0.25, 0.3) is 0 Å². The summed E-state index contributed by atoms with van der Waals surface area (Å²) < 4.78 is 0.885. The average molecular weight is 303 g/mol. The van der Waals surface area contributed by atoms with E-state index in [1.807, 2.05) is 57.2 Å². The predicted molar refractivity (Wildman–Crippen MR) is 78.2 cm³/mol. The molecule has 0 spiro atoms. The maximum Gasteiger partial charge on any atom is 0.194 e. The first-order valence-electron chi connectivity index (χ1n) is 5.88. The second-order valence-electron chi connectivity index (χ2n) is 4.58. The zero-order valence-electron chi connectivity index (χ0n) is 10.8. The summed E-state index contributed by atoms with van der Waals surface area (Å²) in [6, 6.07) is 11.7. The Bertz CT molecular complexity index is 610. The smallest absolute Gasteiger partial charge is 0.194 e. The molecule has 92 valence electrons. The first-order chi connectivity index (χ1) is 8.50. The summed E-state index contributed by atoms with van der Waals surface area (Å²) in [4.78, 5) is 12.6. The van der Waals surface area contributed by atoms with Crippen molar-refractivity contribution in [1.29, 1.82) is 0 Å². The molecule has 0 aliphatic heterocycles. The third-order valence-electron chi connectivity index (χ3n) is 3.07. The van der Waals surface area contributed by atoms with Crippen LogP contribution < -0.4 is 0 Å². The second-order valence-corrected chi connectivity index (χ2v) is 5.38. The number of rotatable bonds is 2. The van der Waals surface area contributed by atoms with E-state index >= 15 is 0 Å². The molecular weight excluding hydrogens is 288 g/mol. The van der Waals surface area contributed by atoms with Crippen LogP contribution in [0, 0.1) is 20.8 Å². The van der Waals surface area contributed by atoms with E-state index in [1.165, 1.54) is 0 Å². The molecule has 0 amide bonds. The summed E-state index contributed by atoms with van der Waals surface area (Å²) in [5.41, 5.74) is 4.70. The predicted octanol–water partition coefficient (Wildman–Crippen LogP) is 4.61. The van der Waals surface area contributed by atoms with Gasteiger partial charge in [-0.2, -0.15) is 0 Å². The van der Waals surface area contributed by atoms with Crippen LogP contribution >= 0.6 is 15.9 Å². The fourth-order valence-corrected chi connectivity index (χ4v) is 2.39. The Hall–Kier alpha value is -1.41. The molecule has 1 nitrogen and oxygen atoms in total. The van der Waals surface area contributed by atoms with Gasteiger partial charge in [-0.3, -0.25) is 4.79 Å². The molecule has 18 heavy (non-hydrogen) atoms. The summed E-state index contributed by atoms with van der Waals surface area (Å²) >= 11 is 3.50. The molecule has 2 rings (SSSR count). The minimum absolute atomic E-state index is 0.0757. The molecule has 0 fully saturated rings. The van der Waals surface area contributed by atoms with Crippen LogP contribution in [0.3, 0.4) is 0 Å². The number of aryl methyl sites for hydroxylation is 3. The van der Waals surface area contributed by atoms with Crippen molar-refractivity contribution in [3.8, 4) is 0 Å². The number of hydrogen-bond donors (Lipinski definition) is 0. The number of carbonyl (C=O) groups is 1. The maximum atomic E-state index is 12.6. The van der Waals surface area contributed by atoms with E-state index in [4.69, 9.17) is 0 Å². The molecule has 0 N–H and O–H groups in total. The number of ketones is 1. The molecule has 0 aliphatic carbocycles. The van der Waals surface area contributed by atoms with Crippen molar-refractivity contribution in [1.82, 2.24) is 0 Å². The van der Waals surface area contributed by atoms with Crippen molar-refractivity contribution in [2.24, 2.45) is 0 Å². The van der Waals surface area contributed by atoms with Gasteiger partial charge in [0, 0.05) is 15.6 Å². The average Bonchev–Trinajstić information content (AvgIpc) is 2.35. The van der Waals surface area contributed by atoms with Gasteiger partial charge >= 0.3 is 0 Å². The molecule has 0 radical (unpaired) electrons. The van der Waals surface area contributed by atoms with Crippen LogP contribution in [0.5, 0.6) is 0 Å². The van der Waals surface area contributed by atoms with Crippen molar-refractivity contribution >= 4 is 21.7 Å². The summed E-state index contributed by atoms with van der Waals surface area (Å²) in [7, 11) is 0. The monoisotopic (exact) mass is 302 g/mol. The first kappa shape index (κ1) is 13.0. The van der Waals surface area contributed by atoms with E-state index in [1.54, 1.807) is 0 Å². The Morgan fingerprint density at radius 3 is 2.39 bits per heavy atom. The molecule has 2 aromatic carbocycles. The van der Waals surface area contributed by atoms with E-state index in [9.17, 15) is 4.79 Å². The first-order valence-corrected chi connectivity index (χ1v) is 6.67. The summed E-state index contributed by atoms with van der Waals surface area (Å²) in [6.45, 7) is 5.96. The highest BCUT2D eigenvalue weighted by Crippen LogP contribution is 2.25. The molecule has 2 aromatic rings. The van der Waals surface area contributed by atoms with Gasteiger partial charge in [-0.05, 0) is 60.0 Å². The van der Waals surface area contributed by atoms with Crippen molar-refractivity contribution in [3.05, 3.63) is 68.7 Å². The van der Waals surface area contributed by atoms with Crippen LogP contribution in [0.4, 0.5) is 0 Å². The quantitative estimate of drug-likeness (QED) is 0.741. The molecule has 0 atom stereocenters. The van der Waals surface area contributed by atoms with E-state index < -0.39 is 0 Å². The topological polar surface area (TPSA) is 17.1 Å². The van der Waals surface area contributed by atoms with Gasteiger partial charge in [0.05, 0.1) is 0 Å². The van der Waals surface area contributed by atoms with E-state index in [-0.39, 0.29) is 5.78 Å². The summed E-state index contributed by atoms with van der Waals surface area (Å²) in [5, 5.41) is 0. The lowest BCUT2D eigenvalue weighted by Gasteiger charge is -2.09. The fraction of sp³-hybridized carbons (Fsp3) is 0.188. The Balaban J connectivity index is 2.55. The van der Waals surface area contributed by atoms with Gasteiger partial charge in [0.15, 0.2) is 5.78 Å². The van der Waals surface area contributed by atoms with E-state index in [0.29, 0.717) is 0 Å². The summed E-state index contributed by atoms with van der Waals surface area (Å²) in [6.07, 6.45) is 0. The Morgan fingerprint density at radius 1 is 0.944 bits per heavy atom. The van der Waals surface area contributed by atoms with Crippen LogP contribution in [0.2, 0.25) is 0 Å². The highest BCUT2D eigenvalue weighted by atomic mass is 79.9.